The minimum Gasteiger partial charge on any atom is -0.342 e. The molecule has 0 unspecified atom stereocenters. The number of hydrogen-bond donors (Lipinski definition) is 1. The fourth-order valence-corrected chi connectivity index (χ4v) is 2.72. The Hall–Kier alpha value is -0.870. The Balaban J connectivity index is 1.69. The lowest BCUT2D eigenvalue weighted by Crippen LogP contribution is -2.36. The van der Waals surface area contributed by atoms with Crippen molar-refractivity contribution in [3.63, 3.8) is 0 Å². The number of amides is 1. The topological polar surface area (TPSA) is 32.3 Å². The molecule has 1 fully saturated rings. The standard InChI is InChI=1S/C13H20N2OS/c1-3-11-6-7-12(17-11)8-14-9-13(16)15(2)10-4-5-10/h6-7,10,14H,3-5,8-9H2,1-2H3. The number of nitrogens with zero attached hydrogens (tertiary/aromatic N) is 1. The second kappa shape index (κ2) is 5.65. The lowest BCUT2D eigenvalue weighted by atomic mass is 10.3. The third kappa shape index (κ3) is 3.54. The number of likely N-dealkylation sites (N-methyl/N-ethyl adjacent to an activating group) is 1. The fourth-order valence-electron chi connectivity index (χ4n) is 1.79. The normalized spacial score (nSPS) is 14.9. The van der Waals surface area contributed by atoms with E-state index >= 15 is 0 Å². The Morgan fingerprint density at radius 2 is 2.18 bits per heavy atom. The fraction of sp³-hybridized carbons (Fsp3) is 0.615. The molecule has 0 aromatic carbocycles. The summed E-state index contributed by atoms with van der Waals surface area (Å²) in [5.41, 5.74) is 0. The van der Waals surface area contributed by atoms with E-state index in [1.165, 1.54) is 22.6 Å². The van der Waals surface area contributed by atoms with Crippen LogP contribution in [-0.2, 0) is 17.8 Å². The molecule has 2 rings (SSSR count). The van der Waals surface area contributed by atoms with Crippen LogP contribution in [0, 0.1) is 0 Å². The van der Waals surface area contributed by atoms with Gasteiger partial charge in [0.25, 0.3) is 0 Å². The molecular weight excluding hydrogens is 232 g/mol. The molecule has 1 saturated carbocycles. The summed E-state index contributed by atoms with van der Waals surface area (Å²) >= 11 is 1.82. The van der Waals surface area contributed by atoms with E-state index in [0.717, 1.165) is 13.0 Å². The highest BCUT2D eigenvalue weighted by atomic mass is 32.1. The second-order valence-electron chi connectivity index (χ2n) is 4.56. The largest absolute Gasteiger partial charge is 0.342 e. The maximum absolute atomic E-state index is 11.7. The van der Waals surface area contributed by atoms with Gasteiger partial charge in [-0.3, -0.25) is 4.79 Å². The van der Waals surface area contributed by atoms with Crippen LogP contribution in [0.15, 0.2) is 12.1 Å². The van der Waals surface area contributed by atoms with E-state index in [9.17, 15) is 4.79 Å². The maximum atomic E-state index is 11.7. The average molecular weight is 252 g/mol. The SMILES string of the molecule is CCc1ccc(CNCC(=O)N(C)C2CC2)s1. The smallest absolute Gasteiger partial charge is 0.236 e. The zero-order chi connectivity index (χ0) is 12.3. The summed E-state index contributed by atoms with van der Waals surface area (Å²) < 4.78 is 0. The van der Waals surface area contributed by atoms with Crippen LogP contribution in [0.25, 0.3) is 0 Å². The molecule has 0 aliphatic heterocycles. The van der Waals surface area contributed by atoms with Crippen LogP contribution in [0.3, 0.4) is 0 Å². The van der Waals surface area contributed by atoms with Gasteiger partial charge in [-0.2, -0.15) is 0 Å². The van der Waals surface area contributed by atoms with Gasteiger partial charge in [-0.15, -0.1) is 11.3 Å². The molecule has 1 aromatic rings. The molecule has 1 amide bonds. The summed E-state index contributed by atoms with van der Waals surface area (Å²) in [6, 6.07) is 4.82. The van der Waals surface area contributed by atoms with Crippen LogP contribution < -0.4 is 5.32 Å². The number of thiophene rings is 1. The van der Waals surface area contributed by atoms with Crippen molar-refractivity contribution in [2.45, 2.75) is 38.8 Å². The quantitative estimate of drug-likeness (QED) is 0.840. The molecule has 1 heterocycles. The Morgan fingerprint density at radius 3 is 2.76 bits per heavy atom. The first-order chi connectivity index (χ1) is 8.20. The Kier molecular flexibility index (Phi) is 4.18. The molecule has 0 atom stereocenters. The van der Waals surface area contributed by atoms with E-state index in [4.69, 9.17) is 0 Å². The highest BCUT2D eigenvalue weighted by molar-refractivity contribution is 7.11. The highest BCUT2D eigenvalue weighted by Crippen LogP contribution is 2.25. The Bertz CT molecular complexity index is 385. The highest BCUT2D eigenvalue weighted by Gasteiger charge is 2.28. The molecule has 0 spiro atoms. The van der Waals surface area contributed by atoms with E-state index in [1.54, 1.807) is 0 Å². The molecule has 0 saturated heterocycles. The Morgan fingerprint density at radius 1 is 1.47 bits per heavy atom. The summed E-state index contributed by atoms with van der Waals surface area (Å²) in [5.74, 6) is 0.208. The summed E-state index contributed by atoms with van der Waals surface area (Å²) in [7, 11) is 1.90. The van der Waals surface area contributed by atoms with E-state index in [2.05, 4.69) is 24.4 Å². The van der Waals surface area contributed by atoms with Crippen molar-refractivity contribution in [2.24, 2.45) is 0 Å². The van der Waals surface area contributed by atoms with E-state index < -0.39 is 0 Å². The van der Waals surface area contributed by atoms with Crippen molar-refractivity contribution >= 4 is 17.2 Å². The van der Waals surface area contributed by atoms with Gasteiger partial charge in [0.1, 0.15) is 0 Å². The van der Waals surface area contributed by atoms with Gasteiger partial charge in [0.05, 0.1) is 6.54 Å². The molecule has 1 N–H and O–H groups in total. The average Bonchev–Trinajstić information content (AvgIpc) is 3.08. The number of carbonyl (C=O) groups is 1. The van der Waals surface area contributed by atoms with E-state index in [-0.39, 0.29) is 5.91 Å². The van der Waals surface area contributed by atoms with Crippen LogP contribution >= 0.6 is 11.3 Å². The van der Waals surface area contributed by atoms with Gasteiger partial charge in [-0.25, -0.2) is 0 Å². The molecule has 17 heavy (non-hydrogen) atoms. The van der Waals surface area contributed by atoms with Crippen molar-refractivity contribution in [3.8, 4) is 0 Å². The minimum absolute atomic E-state index is 0.208. The van der Waals surface area contributed by atoms with E-state index in [0.29, 0.717) is 12.6 Å². The lowest BCUT2D eigenvalue weighted by molar-refractivity contribution is -0.129. The van der Waals surface area contributed by atoms with Crippen LogP contribution in [0.1, 0.15) is 29.5 Å². The second-order valence-corrected chi connectivity index (χ2v) is 5.81. The van der Waals surface area contributed by atoms with Gasteiger partial charge in [0.15, 0.2) is 0 Å². The van der Waals surface area contributed by atoms with Crippen LogP contribution in [-0.4, -0.2) is 30.4 Å². The van der Waals surface area contributed by atoms with Gasteiger partial charge in [-0.05, 0) is 31.4 Å². The van der Waals surface area contributed by atoms with Gasteiger partial charge < -0.3 is 10.2 Å². The summed E-state index contributed by atoms with van der Waals surface area (Å²) in [6.45, 7) is 3.42. The minimum atomic E-state index is 0.208. The number of rotatable bonds is 6. The van der Waals surface area contributed by atoms with Crippen LogP contribution in [0.5, 0.6) is 0 Å². The molecule has 1 aromatic heterocycles. The molecule has 94 valence electrons. The van der Waals surface area contributed by atoms with Gasteiger partial charge in [-0.1, -0.05) is 6.92 Å². The molecule has 1 aliphatic rings. The first-order valence-electron chi connectivity index (χ1n) is 6.24. The number of hydrogen-bond acceptors (Lipinski definition) is 3. The molecule has 1 aliphatic carbocycles. The zero-order valence-corrected chi connectivity index (χ0v) is 11.3. The maximum Gasteiger partial charge on any atom is 0.236 e. The molecular formula is C13H20N2OS. The van der Waals surface area contributed by atoms with Crippen molar-refractivity contribution in [1.82, 2.24) is 10.2 Å². The third-order valence-electron chi connectivity index (χ3n) is 3.13. The van der Waals surface area contributed by atoms with Crippen molar-refractivity contribution in [2.75, 3.05) is 13.6 Å². The van der Waals surface area contributed by atoms with Gasteiger partial charge in [0.2, 0.25) is 5.91 Å². The monoisotopic (exact) mass is 252 g/mol. The zero-order valence-electron chi connectivity index (χ0n) is 10.5. The number of carbonyl (C=O) groups excluding carboxylic acids is 1. The first-order valence-corrected chi connectivity index (χ1v) is 7.06. The molecule has 0 bridgehead atoms. The first kappa shape index (κ1) is 12.6. The third-order valence-corrected chi connectivity index (χ3v) is 4.36. The van der Waals surface area contributed by atoms with Crippen molar-refractivity contribution < 1.29 is 4.79 Å². The molecule has 0 radical (unpaired) electrons. The van der Waals surface area contributed by atoms with Gasteiger partial charge >= 0.3 is 0 Å². The summed E-state index contributed by atoms with van der Waals surface area (Å²) in [5, 5.41) is 3.22. The predicted octanol–water partition coefficient (Wildman–Crippen LogP) is 2.02. The number of aryl methyl sites for hydroxylation is 1. The van der Waals surface area contributed by atoms with Crippen LogP contribution in [0.2, 0.25) is 0 Å². The Labute approximate surface area is 107 Å². The summed E-state index contributed by atoms with van der Waals surface area (Å²) in [4.78, 5) is 16.3. The van der Waals surface area contributed by atoms with Crippen LogP contribution in [0.4, 0.5) is 0 Å². The van der Waals surface area contributed by atoms with Crippen molar-refractivity contribution in [3.05, 3.63) is 21.9 Å². The predicted molar refractivity (Wildman–Crippen MR) is 71.2 cm³/mol. The summed E-state index contributed by atoms with van der Waals surface area (Å²) in [6.07, 6.45) is 3.44. The lowest BCUT2D eigenvalue weighted by Gasteiger charge is -2.16. The van der Waals surface area contributed by atoms with Gasteiger partial charge in [0, 0.05) is 29.4 Å². The van der Waals surface area contributed by atoms with Crippen molar-refractivity contribution in [1.29, 1.82) is 0 Å². The molecule has 3 nitrogen and oxygen atoms in total. The molecule has 4 heteroatoms. The number of nitrogens with one attached hydrogen (secondary N) is 1. The van der Waals surface area contributed by atoms with E-state index in [1.807, 2.05) is 23.3 Å².